The van der Waals surface area contributed by atoms with Crippen LogP contribution in [0.2, 0.25) is 0 Å². The van der Waals surface area contributed by atoms with Gasteiger partial charge in [-0.2, -0.15) is 10.1 Å². The standard InChI is InChI=1S/C14H21N5S/c15-14-16-13(17-18-14)12-6-5-11(20-12)7-10-19-8-3-1-2-4-9-19/h5-6H,1-4,7-10H2,(H3,15,16,17,18). The first-order valence-corrected chi connectivity index (χ1v) is 8.12. The van der Waals surface area contributed by atoms with E-state index in [0.717, 1.165) is 17.8 Å². The Balaban J connectivity index is 1.57. The van der Waals surface area contributed by atoms with Crippen molar-refractivity contribution >= 4 is 17.3 Å². The lowest BCUT2D eigenvalue weighted by Crippen LogP contribution is -2.26. The molecule has 20 heavy (non-hydrogen) atoms. The Morgan fingerprint density at radius 2 is 2.00 bits per heavy atom. The molecule has 3 N–H and O–H groups in total. The van der Waals surface area contributed by atoms with Gasteiger partial charge in [-0.15, -0.1) is 11.3 Å². The second kappa shape index (κ2) is 6.37. The fourth-order valence-electron chi connectivity index (χ4n) is 2.65. The monoisotopic (exact) mass is 291 g/mol. The maximum atomic E-state index is 5.56. The molecule has 1 aliphatic rings. The molecule has 0 spiro atoms. The Bertz CT molecular complexity index is 539. The van der Waals surface area contributed by atoms with Gasteiger partial charge in [0, 0.05) is 11.4 Å². The van der Waals surface area contributed by atoms with Crippen LogP contribution in [0.1, 0.15) is 30.6 Å². The van der Waals surface area contributed by atoms with Crippen LogP contribution < -0.4 is 5.73 Å². The van der Waals surface area contributed by atoms with E-state index in [-0.39, 0.29) is 0 Å². The molecular formula is C14H21N5S. The van der Waals surface area contributed by atoms with E-state index in [0.29, 0.717) is 11.8 Å². The van der Waals surface area contributed by atoms with Gasteiger partial charge in [0.1, 0.15) is 0 Å². The molecule has 1 saturated heterocycles. The van der Waals surface area contributed by atoms with E-state index < -0.39 is 0 Å². The number of H-pyrrole nitrogens is 1. The Morgan fingerprint density at radius 3 is 2.70 bits per heavy atom. The summed E-state index contributed by atoms with van der Waals surface area (Å²) in [6.45, 7) is 3.68. The maximum Gasteiger partial charge on any atom is 0.216 e. The quantitative estimate of drug-likeness (QED) is 0.908. The van der Waals surface area contributed by atoms with Crippen LogP contribution in [0.4, 0.5) is 5.95 Å². The number of anilines is 1. The highest BCUT2D eigenvalue weighted by Gasteiger charge is 2.11. The number of nitrogen functional groups attached to an aromatic ring is 1. The number of thiophene rings is 1. The van der Waals surface area contributed by atoms with Crippen molar-refractivity contribution in [2.75, 3.05) is 25.4 Å². The number of likely N-dealkylation sites (tertiary alicyclic amines) is 1. The van der Waals surface area contributed by atoms with E-state index in [1.807, 2.05) is 0 Å². The van der Waals surface area contributed by atoms with Crippen molar-refractivity contribution in [3.8, 4) is 10.7 Å². The first-order chi connectivity index (χ1) is 9.81. The Labute approximate surface area is 123 Å². The summed E-state index contributed by atoms with van der Waals surface area (Å²) in [4.78, 5) is 9.24. The SMILES string of the molecule is Nc1nc(-c2ccc(CCN3CCCCCC3)s2)n[nH]1. The molecule has 0 amide bonds. The second-order valence-electron chi connectivity index (χ2n) is 5.32. The van der Waals surface area contributed by atoms with Crippen molar-refractivity contribution in [1.82, 2.24) is 20.1 Å². The molecule has 1 fully saturated rings. The van der Waals surface area contributed by atoms with Crippen molar-refractivity contribution < 1.29 is 0 Å². The zero-order valence-electron chi connectivity index (χ0n) is 11.6. The summed E-state index contributed by atoms with van der Waals surface area (Å²) >= 11 is 1.77. The second-order valence-corrected chi connectivity index (χ2v) is 6.48. The molecule has 3 rings (SSSR count). The van der Waals surface area contributed by atoms with Crippen LogP contribution in [0.15, 0.2) is 12.1 Å². The molecule has 6 heteroatoms. The molecular weight excluding hydrogens is 270 g/mol. The highest BCUT2D eigenvalue weighted by molar-refractivity contribution is 7.15. The highest BCUT2D eigenvalue weighted by Crippen LogP contribution is 2.26. The van der Waals surface area contributed by atoms with Gasteiger partial charge >= 0.3 is 0 Å². The smallest absolute Gasteiger partial charge is 0.216 e. The van der Waals surface area contributed by atoms with Crippen molar-refractivity contribution in [2.45, 2.75) is 32.1 Å². The maximum absolute atomic E-state index is 5.56. The number of aromatic nitrogens is 3. The van der Waals surface area contributed by atoms with Gasteiger partial charge in [0.15, 0.2) is 5.82 Å². The van der Waals surface area contributed by atoms with Gasteiger partial charge in [0.25, 0.3) is 0 Å². The van der Waals surface area contributed by atoms with Crippen molar-refractivity contribution in [1.29, 1.82) is 0 Å². The summed E-state index contributed by atoms with van der Waals surface area (Å²) in [5.74, 6) is 1.08. The number of rotatable bonds is 4. The van der Waals surface area contributed by atoms with Gasteiger partial charge in [-0.1, -0.05) is 12.8 Å². The number of aromatic amines is 1. The van der Waals surface area contributed by atoms with E-state index in [1.165, 1.54) is 43.6 Å². The Kier molecular flexibility index (Phi) is 4.32. The molecule has 2 aromatic heterocycles. The topological polar surface area (TPSA) is 70.8 Å². The molecule has 0 aromatic carbocycles. The lowest BCUT2D eigenvalue weighted by Gasteiger charge is -2.18. The molecule has 0 atom stereocenters. The number of nitrogens with one attached hydrogen (secondary N) is 1. The summed E-state index contributed by atoms with van der Waals surface area (Å²) in [5, 5.41) is 6.78. The third kappa shape index (κ3) is 3.37. The predicted octanol–water partition coefficient (Wildman–Crippen LogP) is 2.53. The third-order valence-corrected chi connectivity index (χ3v) is 4.90. The molecule has 5 nitrogen and oxygen atoms in total. The molecule has 3 heterocycles. The van der Waals surface area contributed by atoms with Gasteiger partial charge in [-0.25, -0.2) is 5.10 Å². The van der Waals surface area contributed by atoms with E-state index in [2.05, 4.69) is 32.2 Å². The highest BCUT2D eigenvalue weighted by atomic mass is 32.1. The number of nitrogens with two attached hydrogens (primary N) is 1. The summed E-state index contributed by atoms with van der Waals surface area (Å²) in [6, 6.07) is 4.27. The van der Waals surface area contributed by atoms with E-state index in [9.17, 15) is 0 Å². The van der Waals surface area contributed by atoms with Crippen LogP contribution in [0.5, 0.6) is 0 Å². The van der Waals surface area contributed by atoms with Gasteiger partial charge in [0.05, 0.1) is 4.88 Å². The molecule has 0 saturated carbocycles. The fourth-order valence-corrected chi connectivity index (χ4v) is 3.58. The molecule has 108 valence electrons. The Morgan fingerprint density at radius 1 is 1.20 bits per heavy atom. The van der Waals surface area contributed by atoms with Crippen LogP contribution in [-0.4, -0.2) is 39.7 Å². The summed E-state index contributed by atoms with van der Waals surface area (Å²) < 4.78 is 0. The number of hydrogen-bond acceptors (Lipinski definition) is 5. The summed E-state index contributed by atoms with van der Waals surface area (Å²) in [5.41, 5.74) is 5.56. The largest absolute Gasteiger partial charge is 0.368 e. The summed E-state index contributed by atoms with van der Waals surface area (Å²) in [7, 11) is 0. The molecule has 0 radical (unpaired) electrons. The van der Waals surface area contributed by atoms with Crippen LogP contribution >= 0.6 is 11.3 Å². The molecule has 0 aliphatic carbocycles. The van der Waals surface area contributed by atoms with Gasteiger partial charge in [-0.05, 0) is 44.5 Å². The molecule has 0 unspecified atom stereocenters. The minimum absolute atomic E-state index is 0.375. The zero-order chi connectivity index (χ0) is 13.8. The van der Waals surface area contributed by atoms with Crippen molar-refractivity contribution in [3.63, 3.8) is 0 Å². The average Bonchev–Trinajstić information content (AvgIpc) is 3.00. The average molecular weight is 291 g/mol. The minimum Gasteiger partial charge on any atom is -0.368 e. The lowest BCUT2D eigenvalue weighted by molar-refractivity contribution is 0.289. The number of hydrogen-bond donors (Lipinski definition) is 2. The molecule has 0 bridgehead atoms. The van der Waals surface area contributed by atoms with E-state index in [1.54, 1.807) is 11.3 Å². The number of nitrogens with zero attached hydrogens (tertiary/aromatic N) is 3. The first-order valence-electron chi connectivity index (χ1n) is 7.30. The van der Waals surface area contributed by atoms with Crippen molar-refractivity contribution in [2.24, 2.45) is 0 Å². The Hall–Kier alpha value is -1.40. The normalized spacial score (nSPS) is 17.2. The van der Waals surface area contributed by atoms with Gasteiger partial charge in [-0.3, -0.25) is 0 Å². The van der Waals surface area contributed by atoms with Crippen LogP contribution in [0, 0.1) is 0 Å². The predicted molar refractivity (Wildman–Crippen MR) is 82.7 cm³/mol. The lowest BCUT2D eigenvalue weighted by atomic mass is 10.2. The third-order valence-electron chi connectivity index (χ3n) is 3.76. The van der Waals surface area contributed by atoms with Crippen LogP contribution in [-0.2, 0) is 6.42 Å². The van der Waals surface area contributed by atoms with E-state index >= 15 is 0 Å². The zero-order valence-corrected chi connectivity index (χ0v) is 12.5. The fraction of sp³-hybridized carbons (Fsp3) is 0.571. The van der Waals surface area contributed by atoms with Gasteiger partial charge < -0.3 is 10.6 Å². The van der Waals surface area contributed by atoms with Gasteiger partial charge in [0.2, 0.25) is 5.95 Å². The summed E-state index contributed by atoms with van der Waals surface area (Å²) in [6.07, 6.45) is 6.61. The van der Waals surface area contributed by atoms with Crippen LogP contribution in [0.3, 0.4) is 0 Å². The molecule has 2 aromatic rings. The molecule has 1 aliphatic heterocycles. The minimum atomic E-state index is 0.375. The van der Waals surface area contributed by atoms with Crippen molar-refractivity contribution in [3.05, 3.63) is 17.0 Å². The van der Waals surface area contributed by atoms with Crippen LogP contribution in [0.25, 0.3) is 10.7 Å². The first kappa shape index (κ1) is 13.6. The van der Waals surface area contributed by atoms with E-state index in [4.69, 9.17) is 5.73 Å².